The van der Waals surface area contributed by atoms with Gasteiger partial charge in [-0.05, 0) is 42.3 Å². The Kier molecular flexibility index (Phi) is 4.86. The first-order chi connectivity index (χ1) is 14.4. The van der Waals surface area contributed by atoms with Crippen molar-refractivity contribution < 1.29 is 18.8 Å². The van der Waals surface area contributed by atoms with Gasteiger partial charge in [0.15, 0.2) is 0 Å². The van der Waals surface area contributed by atoms with Gasteiger partial charge in [-0.2, -0.15) is 0 Å². The molecule has 3 heterocycles. The molecule has 8 nitrogen and oxygen atoms in total. The first-order valence-corrected chi connectivity index (χ1v) is 9.18. The predicted octanol–water partition coefficient (Wildman–Crippen LogP) is 3.29. The fourth-order valence-electron chi connectivity index (χ4n) is 3.48. The fraction of sp³-hybridized carbons (Fsp3) is 0.190. The molecule has 0 bridgehead atoms. The summed E-state index contributed by atoms with van der Waals surface area (Å²) in [7, 11) is 0. The van der Waals surface area contributed by atoms with Crippen molar-refractivity contribution in [3.05, 3.63) is 93.3 Å². The number of pyridine rings is 2. The van der Waals surface area contributed by atoms with Crippen LogP contribution in [0.25, 0.3) is 0 Å². The van der Waals surface area contributed by atoms with Crippen molar-refractivity contribution >= 4 is 11.6 Å². The Morgan fingerprint density at radius 3 is 2.80 bits per heavy atom. The molecule has 3 aromatic rings. The minimum atomic E-state index is -1.15. The van der Waals surface area contributed by atoms with E-state index in [0.29, 0.717) is 29.0 Å². The van der Waals surface area contributed by atoms with E-state index < -0.39 is 22.2 Å². The third-order valence-electron chi connectivity index (χ3n) is 5.09. The lowest BCUT2D eigenvalue weighted by molar-refractivity contribution is -0.385. The highest BCUT2D eigenvalue weighted by atomic mass is 19.1. The molecule has 1 amide bonds. The smallest absolute Gasteiger partial charge is 0.287 e. The van der Waals surface area contributed by atoms with Gasteiger partial charge in [0.05, 0.1) is 11.5 Å². The molecule has 1 N–H and O–H groups in total. The van der Waals surface area contributed by atoms with Crippen molar-refractivity contribution in [1.29, 1.82) is 0 Å². The second-order valence-corrected chi connectivity index (χ2v) is 6.93. The van der Waals surface area contributed by atoms with Crippen LogP contribution < -0.4 is 10.1 Å². The lowest BCUT2D eigenvalue weighted by Gasteiger charge is -2.39. The number of rotatable bonds is 4. The average molecular weight is 408 g/mol. The summed E-state index contributed by atoms with van der Waals surface area (Å²) in [5.74, 6) is -0.482. The summed E-state index contributed by atoms with van der Waals surface area (Å²) < 4.78 is 20.1. The highest BCUT2D eigenvalue weighted by Crippen LogP contribution is 2.41. The van der Waals surface area contributed by atoms with Gasteiger partial charge in [-0.1, -0.05) is 12.1 Å². The van der Waals surface area contributed by atoms with Crippen LogP contribution in [0.15, 0.2) is 54.9 Å². The summed E-state index contributed by atoms with van der Waals surface area (Å²) in [5, 5.41) is 13.8. The Morgan fingerprint density at radius 1 is 1.27 bits per heavy atom. The first-order valence-electron chi connectivity index (χ1n) is 9.18. The Balaban J connectivity index is 1.80. The Morgan fingerprint density at radius 2 is 2.10 bits per heavy atom. The summed E-state index contributed by atoms with van der Waals surface area (Å²) in [6.45, 7) is 1.93. The van der Waals surface area contributed by atoms with Crippen LogP contribution in [0.1, 0.15) is 33.7 Å². The normalized spacial score (nSPS) is 17.5. The molecule has 4 rings (SSSR count). The van der Waals surface area contributed by atoms with E-state index in [1.807, 2.05) is 0 Å². The number of hydrogen-bond donors (Lipinski definition) is 1. The van der Waals surface area contributed by atoms with E-state index in [1.54, 1.807) is 37.4 Å². The number of aryl methyl sites for hydroxylation is 1. The van der Waals surface area contributed by atoms with Gasteiger partial charge < -0.3 is 10.1 Å². The van der Waals surface area contributed by atoms with Crippen molar-refractivity contribution in [3.63, 3.8) is 0 Å². The number of carbonyl (C=O) groups excluding carboxylic acids is 1. The molecule has 0 fully saturated rings. The number of amides is 1. The monoisotopic (exact) mass is 408 g/mol. The maximum absolute atomic E-state index is 14.4. The third-order valence-corrected chi connectivity index (χ3v) is 5.09. The van der Waals surface area contributed by atoms with E-state index >= 15 is 0 Å². The summed E-state index contributed by atoms with van der Waals surface area (Å²) >= 11 is 0. The van der Waals surface area contributed by atoms with Gasteiger partial charge in [0.2, 0.25) is 0 Å². The molecule has 0 saturated carbocycles. The number of carbonyl (C=O) groups is 1. The average Bonchev–Trinajstić information content (AvgIpc) is 2.76. The second kappa shape index (κ2) is 7.51. The molecule has 0 saturated heterocycles. The number of benzene rings is 1. The number of aromatic nitrogens is 2. The lowest BCUT2D eigenvalue weighted by atomic mass is 9.81. The summed E-state index contributed by atoms with van der Waals surface area (Å²) in [6.07, 6.45) is 2.91. The van der Waals surface area contributed by atoms with E-state index in [0.717, 1.165) is 6.20 Å². The number of fused-ring (bicyclic) bond motifs is 1. The maximum atomic E-state index is 14.4. The van der Waals surface area contributed by atoms with Gasteiger partial charge in [-0.25, -0.2) is 9.37 Å². The maximum Gasteiger partial charge on any atom is 0.287 e. The molecule has 1 atom stereocenters. The molecule has 1 aromatic carbocycles. The molecule has 1 aliphatic rings. The van der Waals surface area contributed by atoms with Crippen molar-refractivity contribution in [3.8, 4) is 5.75 Å². The van der Waals surface area contributed by atoms with Gasteiger partial charge >= 0.3 is 0 Å². The van der Waals surface area contributed by atoms with E-state index in [9.17, 15) is 19.3 Å². The van der Waals surface area contributed by atoms with Gasteiger partial charge in [0.25, 0.3) is 11.6 Å². The van der Waals surface area contributed by atoms with Crippen LogP contribution in [0.4, 0.5) is 10.1 Å². The topological polar surface area (TPSA) is 107 Å². The number of ether oxygens (including phenoxy) is 1. The molecular weight excluding hydrogens is 391 g/mol. The van der Waals surface area contributed by atoms with Crippen LogP contribution in [-0.4, -0.2) is 27.4 Å². The number of nitrogens with one attached hydrogen (secondary N) is 1. The minimum absolute atomic E-state index is 0.00321. The molecule has 2 aromatic heterocycles. The van der Waals surface area contributed by atoms with Crippen LogP contribution in [0.5, 0.6) is 5.75 Å². The molecule has 1 aliphatic heterocycles. The van der Waals surface area contributed by atoms with Crippen LogP contribution in [0, 0.1) is 22.9 Å². The van der Waals surface area contributed by atoms with Crippen LogP contribution in [0.3, 0.4) is 0 Å². The molecule has 0 radical (unpaired) electrons. The van der Waals surface area contributed by atoms with Gasteiger partial charge in [0.1, 0.15) is 34.7 Å². The number of nitrogens with zero attached hydrogens (tertiary/aromatic N) is 3. The second-order valence-electron chi connectivity index (χ2n) is 6.93. The fourth-order valence-corrected chi connectivity index (χ4v) is 3.48. The van der Waals surface area contributed by atoms with Crippen LogP contribution in [-0.2, 0) is 5.54 Å². The van der Waals surface area contributed by atoms with Crippen LogP contribution >= 0.6 is 0 Å². The standard InChI is InChI=1S/C21H17FN4O4/c1-13-4-5-14(11-16(13)22)21(8-10-30-18-3-2-9-23-19(18)21)25-20(27)17-7-6-15(12-24-17)26(28)29/h2-7,9,11-12H,8,10H2,1H3,(H,25,27)/t21-/m0/s1. The first kappa shape index (κ1) is 19.4. The molecule has 152 valence electrons. The lowest BCUT2D eigenvalue weighted by Crippen LogP contribution is -2.50. The summed E-state index contributed by atoms with van der Waals surface area (Å²) in [4.78, 5) is 31.6. The molecule has 9 heteroatoms. The molecule has 0 unspecified atom stereocenters. The molecular formula is C21H17FN4O4. The van der Waals surface area contributed by atoms with E-state index in [-0.39, 0.29) is 18.0 Å². The SMILES string of the molecule is Cc1ccc([C@@]2(NC(=O)c3ccc([N+](=O)[O-])cn3)CCOc3cccnc32)cc1F. The van der Waals surface area contributed by atoms with E-state index in [1.165, 1.54) is 18.2 Å². The molecule has 0 spiro atoms. The highest BCUT2D eigenvalue weighted by molar-refractivity contribution is 5.93. The van der Waals surface area contributed by atoms with Gasteiger partial charge in [0, 0.05) is 18.7 Å². The quantitative estimate of drug-likeness (QED) is 0.524. The van der Waals surface area contributed by atoms with Crippen molar-refractivity contribution in [2.24, 2.45) is 0 Å². The van der Waals surface area contributed by atoms with Crippen LogP contribution in [0.2, 0.25) is 0 Å². The minimum Gasteiger partial charge on any atom is -0.491 e. The van der Waals surface area contributed by atoms with E-state index in [4.69, 9.17) is 4.74 Å². The zero-order valence-corrected chi connectivity index (χ0v) is 16.0. The number of halogens is 1. The van der Waals surface area contributed by atoms with Gasteiger partial charge in [-0.3, -0.25) is 19.9 Å². The number of nitro groups is 1. The third kappa shape index (κ3) is 3.34. The molecule has 30 heavy (non-hydrogen) atoms. The van der Waals surface area contributed by atoms with Crippen molar-refractivity contribution in [2.45, 2.75) is 18.9 Å². The Hall–Kier alpha value is -3.88. The Bertz CT molecular complexity index is 1140. The van der Waals surface area contributed by atoms with Crippen molar-refractivity contribution in [1.82, 2.24) is 15.3 Å². The molecule has 0 aliphatic carbocycles. The van der Waals surface area contributed by atoms with Crippen molar-refractivity contribution in [2.75, 3.05) is 6.61 Å². The highest BCUT2D eigenvalue weighted by Gasteiger charge is 2.43. The summed E-state index contributed by atoms with van der Waals surface area (Å²) in [6, 6.07) is 10.7. The zero-order chi connectivity index (χ0) is 21.3. The number of hydrogen-bond acceptors (Lipinski definition) is 6. The predicted molar refractivity (Wildman–Crippen MR) is 105 cm³/mol. The van der Waals surface area contributed by atoms with Gasteiger partial charge in [-0.15, -0.1) is 0 Å². The zero-order valence-electron chi connectivity index (χ0n) is 16.0. The van der Waals surface area contributed by atoms with E-state index in [2.05, 4.69) is 15.3 Å². The summed E-state index contributed by atoms with van der Waals surface area (Å²) in [5.41, 5.74) is 0.0742. The largest absolute Gasteiger partial charge is 0.491 e. The Labute approximate surface area is 170 Å².